The molecule has 0 aromatic heterocycles. The minimum atomic E-state index is -4.26. The van der Waals surface area contributed by atoms with Crippen LogP contribution in [0.25, 0.3) is 0 Å². The van der Waals surface area contributed by atoms with Crippen LogP contribution in [0.3, 0.4) is 0 Å². The highest BCUT2D eigenvalue weighted by Crippen LogP contribution is 2.35. The average Bonchev–Trinajstić information content (AvgIpc) is 2.96. The molecule has 1 saturated heterocycles. The van der Waals surface area contributed by atoms with E-state index in [-0.39, 0.29) is 64.0 Å². The lowest BCUT2D eigenvalue weighted by Crippen LogP contribution is -2.40. The van der Waals surface area contributed by atoms with Crippen LogP contribution in [0.5, 0.6) is 11.5 Å². The van der Waals surface area contributed by atoms with E-state index in [1.807, 2.05) is 0 Å². The van der Waals surface area contributed by atoms with Gasteiger partial charge in [0.1, 0.15) is 18.0 Å². The lowest BCUT2D eigenvalue weighted by molar-refractivity contribution is -0.114. The smallest absolute Gasteiger partial charge is 0.264 e. The standard InChI is InChI=1S/C26H28ClN3O8S2/c1-36-24-11-9-21(39(32,33)29-12-14-38-15-13-29)17-22(24)28-26(31)18-30(23-16-19(27)8-10-25(23)37-2)40(34,35)20-6-4-3-5-7-20/h3-11,16-17H,12-15,18H2,1-2H3,(H,28,31). The minimum Gasteiger partial charge on any atom is -0.495 e. The molecule has 3 aromatic rings. The summed E-state index contributed by atoms with van der Waals surface area (Å²) in [6.45, 7) is 0.264. The summed E-state index contributed by atoms with van der Waals surface area (Å²) in [7, 11) is -5.41. The van der Waals surface area contributed by atoms with Gasteiger partial charge < -0.3 is 19.5 Å². The number of morpholine rings is 1. The van der Waals surface area contributed by atoms with Crippen molar-refractivity contribution in [3.05, 3.63) is 71.8 Å². The first-order valence-corrected chi connectivity index (χ1v) is 15.3. The maximum Gasteiger partial charge on any atom is 0.264 e. The average molecular weight is 610 g/mol. The fraction of sp³-hybridized carbons (Fsp3) is 0.269. The maximum absolute atomic E-state index is 13.7. The van der Waals surface area contributed by atoms with Crippen LogP contribution in [0, 0.1) is 0 Å². The van der Waals surface area contributed by atoms with Crippen molar-refractivity contribution < 1.29 is 35.8 Å². The number of nitrogens with one attached hydrogen (secondary N) is 1. The van der Waals surface area contributed by atoms with E-state index in [4.69, 9.17) is 25.8 Å². The van der Waals surface area contributed by atoms with E-state index in [2.05, 4.69) is 5.32 Å². The van der Waals surface area contributed by atoms with Gasteiger partial charge in [-0.15, -0.1) is 0 Å². The molecule has 0 spiro atoms. The Hall–Kier alpha value is -3.36. The normalized spacial score (nSPS) is 14.4. The quantitative estimate of drug-likeness (QED) is 0.371. The molecule has 0 bridgehead atoms. The SMILES string of the molecule is COc1ccc(S(=O)(=O)N2CCOCC2)cc1NC(=O)CN(c1cc(Cl)ccc1OC)S(=O)(=O)c1ccccc1. The van der Waals surface area contributed by atoms with Gasteiger partial charge >= 0.3 is 0 Å². The molecular weight excluding hydrogens is 582 g/mol. The molecular formula is C26H28ClN3O8S2. The van der Waals surface area contributed by atoms with Gasteiger partial charge in [0.15, 0.2) is 0 Å². The largest absolute Gasteiger partial charge is 0.495 e. The Morgan fingerprint density at radius 3 is 2.23 bits per heavy atom. The number of rotatable bonds is 10. The predicted molar refractivity (Wildman–Crippen MR) is 150 cm³/mol. The van der Waals surface area contributed by atoms with Crippen LogP contribution in [-0.2, 0) is 29.6 Å². The summed E-state index contributed by atoms with van der Waals surface area (Å²) in [6.07, 6.45) is 0. The molecule has 3 aromatic carbocycles. The molecule has 1 aliphatic rings. The Bertz CT molecular complexity index is 1580. The van der Waals surface area contributed by atoms with Crippen molar-refractivity contribution in [2.24, 2.45) is 0 Å². The summed E-state index contributed by atoms with van der Waals surface area (Å²) in [5.74, 6) is -0.402. The number of hydrogen-bond acceptors (Lipinski definition) is 8. The van der Waals surface area contributed by atoms with Crippen LogP contribution in [0.4, 0.5) is 11.4 Å². The number of methoxy groups -OCH3 is 2. The third-order valence-corrected chi connectivity index (χ3v) is 9.98. The monoisotopic (exact) mass is 609 g/mol. The Balaban J connectivity index is 1.69. The molecule has 11 nitrogen and oxygen atoms in total. The predicted octanol–water partition coefficient (Wildman–Crippen LogP) is 3.21. The van der Waals surface area contributed by atoms with Crippen molar-refractivity contribution in [1.29, 1.82) is 0 Å². The van der Waals surface area contributed by atoms with Crippen LogP contribution < -0.4 is 19.1 Å². The van der Waals surface area contributed by atoms with Gasteiger partial charge in [0.25, 0.3) is 10.0 Å². The summed E-state index contributed by atoms with van der Waals surface area (Å²) in [5, 5.41) is 2.83. The minimum absolute atomic E-state index is 0.0459. The summed E-state index contributed by atoms with van der Waals surface area (Å²) >= 11 is 6.18. The Labute approximate surface area is 238 Å². The molecule has 4 rings (SSSR count). The number of halogens is 1. The van der Waals surface area contributed by atoms with Crippen molar-refractivity contribution in [2.75, 3.05) is 56.7 Å². The van der Waals surface area contributed by atoms with Crippen molar-refractivity contribution in [2.45, 2.75) is 9.79 Å². The zero-order valence-corrected chi connectivity index (χ0v) is 24.1. The Kier molecular flexibility index (Phi) is 9.21. The van der Waals surface area contributed by atoms with Crippen molar-refractivity contribution in [1.82, 2.24) is 4.31 Å². The zero-order valence-electron chi connectivity index (χ0n) is 21.7. The van der Waals surface area contributed by atoms with Gasteiger partial charge in [-0.25, -0.2) is 16.8 Å². The molecule has 14 heteroatoms. The molecule has 1 N–H and O–H groups in total. The highest BCUT2D eigenvalue weighted by atomic mass is 35.5. The number of amides is 1. The number of carbonyl (C=O) groups excluding carboxylic acids is 1. The molecule has 1 aliphatic heterocycles. The van der Waals surface area contributed by atoms with Crippen LogP contribution in [0.1, 0.15) is 0 Å². The van der Waals surface area contributed by atoms with E-state index in [9.17, 15) is 21.6 Å². The van der Waals surface area contributed by atoms with E-state index in [1.54, 1.807) is 18.2 Å². The van der Waals surface area contributed by atoms with Crippen LogP contribution in [0.15, 0.2) is 76.5 Å². The lowest BCUT2D eigenvalue weighted by atomic mass is 10.2. The first-order chi connectivity index (χ1) is 19.1. The maximum atomic E-state index is 13.7. The van der Waals surface area contributed by atoms with Gasteiger partial charge in [-0.05, 0) is 48.5 Å². The van der Waals surface area contributed by atoms with E-state index < -0.39 is 32.5 Å². The number of hydrogen-bond donors (Lipinski definition) is 1. The van der Waals surface area contributed by atoms with Crippen molar-refractivity contribution in [3.8, 4) is 11.5 Å². The first kappa shape index (κ1) is 29.6. The van der Waals surface area contributed by atoms with Crippen LogP contribution in [-0.4, -0.2) is 74.1 Å². The van der Waals surface area contributed by atoms with Gasteiger partial charge in [-0.3, -0.25) is 9.10 Å². The highest BCUT2D eigenvalue weighted by Gasteiger charge is 2.31. The molecule has 0 unspecified atom stereocenters. The summed E-state index contributed by atoms with van der Waals surface area (Å²) in [5.41, 5.74) is 0.0987. The number of sulfonamides is 2. The van der Waals surface area contributed by atoms with Gasteiger partial charge in [0.2, 0.25) is 15.9 Å². The highest BCUT2D eigenvalue weighted by molar-refractivity contribution is 7.93. The second-order valence-corrected chi connectivity index (χ2v) is 12.8. The summed E-state index contributed by atoms with van der Waals surface area (Å²) < 4.78 is 71.9. The third kappa shape index (κ3) is 6.34. The number of ether oxygens (including phenoxy) is 3. The number of carbonyl (C=O) groups is 1. The molecule has 1 fully saturated rings. The Morgan fingerprint density at radius 1 is 0.925 bits per heavy atom. The number of anilines is 2. The molecule has 0 radical (unpaired) electrons. The molecule has 1 heterocycles. The van der Waals surface area contributed by atoms with Gasteiger partial charge in [0.05, 0.1) is 48.6 Å². The molecule has 0 atom stereocenters. The first-order valence-electron chi connectivity index (χ1n) is 12.0. The van der Waals surface area contributed by atoms with E-state index >= 15 is 0 Å². The van der Waals surface area contributed by atoms with E-state index in [0.717, 1.165) is 4.31 Å². The zero-order chi connectivity index (χ0) is 28.9. The van der Waals surface area contributed by atoms with Crippen LogP contribution in [0.2, 0.25) is 5.02 Å². The molecule has 0 saturated carbocycles. The van der Waals surface area contributed by atoms with Gasteiger partial charge in [0, 0.05) is 18.1 Å². The number of benzene rings is 3. The van der Waals surface area contributed by atoms with Gasteiger partial charge in [-0.1, -0.05) is 29.8 Å². The van der Waals surface area contributed by atoms with E-state index in [1.165, 1.54) is 67.1 Å². The Morgan fingerprint density at radius 2 is 1.57 bits per heavy atom. The summed E-state index contributed by atoms with van der Waals surface area (Å²) in [6, 6.07) is 16.1. The molecule has 1 amide bonds. The fourth-order valence-electron chi connectivity index (χ4n) is 4.08. The van der Waals surface area contributed by atoms with Gasteiger partial charge in [-0.2, -0.15) is 4.31 Å². The lowest BCUT2D eigenvalue weighted by Gasteiger charge is -2.27. The van der Waals surface area contributed by atoms with Crippen LogP contribution >= 0.6 is 11.6 Å². The second kappa shape index (κ2) is 12.4. The second-order valence-electron chi connectivity index (χ2n) is 8.57. The van der Waals surface area contributed by atoms with Crippen molar-refractivity contribution >= 4 is 48.9 Å². The topological polar surface area (TPSA) is 132 Å². The van der Waals surface area contributed by atoms with Crippen molar-refractivity contribution in [3.63, 3.8) is 0 Å². The third-order valence-electron chi connectivity index (χ3n) is 6.08. The van der Waals surface area contributed by atoms with E-state index in [0.29, 0.717) is 0 Å². The number of nitrogens with zero attached hydrogens (tertiary/aromatic N) is 2. The summed E-state index contributed by atoms with van der Waals surface area (Å²) in [4.78, 5) is 13.3. The molecule has 214 valence electrons. The molecule has 0 aliphatic carbocycles. The molecule has 40 heavy (non-hydrogen) atoms. The fourth-order valence-corrected chi connectivity index (χ4v) is 7.12.